The highest BCUT2D eigenvalue weighted by Crippen LogP contribution is 2.23. The standard InChI is InChI=1S/C14H18N2O3/c1-9-2-3-11(12(17)8-9)14(19)16-6-4-10(5-7-16)13(15)18/h2-3,8,10,17H,4-7H2,1H3,(H2,15,18). The first-order chi connectivity index (χ1) is 8.99. The molecule has 5 nitrogen and oxygen atoms in total. The van der Waals surface area contributed by atoms with Crippen LogP contribution in [-0.4, -0.2) is 34.9 Å². The smallest absolute Gasteiger partial charge is 0.257 e. The fraction of sp³-hybridized carbons (Fsp3) is 0.429. The number of amides is 2. The molecular weight excluding hydrogens is 244 g/mol. The molecule has 19 heavy (non-hydrogen) atoms. The second-order valence-corrected chi connectivity index (χ2v) is 4.99. The van der Waals surface area contributed by atoms with Crippen LogP contribution in [0, 0.1) is 12.8 Å². The maximum Gasteiger partial charge on any atom is 0.257 e. The van der Waals surface area contributed by atoms with Gasteiger partial charge in [-0.1, -0.05) is 6.07 Å². The van der Waals surface area contributed by atoms with Crippen LogP contribution in [0.3, 0.4) is 0 Å². The molecule has 0 spiro atoms. The molecule has 1 aliphatic rings. The number of benzene rings is 1. The second-order valence-electron chi connectivity index (χ2n) is 4.99. The molecule has 5 heteroatoms. The summed E-state index contributed by atoms with van der Waals surface area (Å²) in [7, 11) is 0. The number of aryl methyl sites for hydroxylation is 1. The maximum absolute atomic E-state index is 12.3. The van der Waals surface area contributed by atoms with Crippen molar-refractivity contribution in [3.05, 3.63) is 29.3 Å². The lowest BCUT2D eigenvalue weighted by Crippen LogP contribution is -2.41. The Kier molecular flexibility index (Phi) is 3.74. The fourth-order valence-electron chi connectivity index (χ4n) is 2.36. The highest BCUT2D eigenvalue weighted by atomic mass is 16.3. The van der Waals surface area contributed by atoms with Crippen molar-refractivity contribution in [2.75, 3.05) is 13.1 Å². The average molecular weight is 262 g/mol. The van der Waals surface area contributed by atoms with Gasteiger partial charge in [0.2, 0.25) is 5.91 Å². The van der Waals surface area contributed by atoms with Crippen molar-refractivity contribution in [1.29, 1.82) is 0 Å². The summed E-state index contributed by atoms with van der Waals surface area (Å²) in [6.07, 6.45) is 1.18. The third-order valence-corrected chi connectivity index (χ3v) is 3.57. The van der Waals surface area contributed by atoms with E-state index in [1.807, 2.05) is 6.92 Å². The molecule has 0 aliphatic carbocycles. The minimum atomic E-state index is -0.301. The summed E-state index contributed by atoms with van der Waals surface area (Å²) in [4.78, 5) is 25.0. The van der Waals surface area contributed by atoms with Gasteiger partial charge in [0.1, 0.15) is 5.75 Å². The van der Waals surface area contributed by atoms with Gasteiger partial charge in [0, 0.05) is 19.0 Å². The van der Waals surface area contributed by atoms with Gasteiger partial charge in [0.05, 0.1) is 5.56 Å². The van der Waals surface area contributed by atoms with Crippen molar-refractivity contribution < 1.29 is 14.7 Å². The van der Waals surface area contributed by atoms with Crippen molar-refractivity contribution in [1.82, 2.24) is 4.90 Å². The number of nitrogens with two attached hydrogens (primary N) is 1. The Morgan fingerprint density at radius 1 is 1.32 bits per heavy atom. The summed E-state index contributed by atoms with van der Waals surface area (Å²) in [5, 5.41) is 9.81. The molecule has 0 bridgehead atoms. The lowest BCUT2D eigenvalue weighted by Gasteiger charge is -2.30. The van der Waals surface area contributed by atoms with Gasteiger partial charge in [-0.25, -0.2) is 0 Å². The van der Waals surface area contributed by atoms with Crippen LogP contribution < -0.4 is 5.73 Å². The molecule has 1 aromatic rings. The Balaban J connectivity index is 2.07. The molecule has 0 unspecified atom stereocenters. The lowest BCUT2D eigenvalue weighted by molar-refractivity contribution is -0.123. The van der Waals surface area contributed by atoms with Crippen molar-refractivity contribution in [3.63, 3.8) is 0 Å². The van der Waals surface area contributed by atoms with E-state index in [9.17, 15) is 14.7 Å². The first-order valence-electron chi connectivity index (χ1n) is 6.37. The highest BCUT2D eigenvalue weighted by Gasteiger charge is 2.27. The van der Waals surface area contributed by atoms with E-state index in [0.717, 1.165) is 5.56 Å². The molecule has 0 saturated carbocycles. The number of piperidine rings is 1. The SMILES string of the molecule is Cc1ccc(C(=O)N2CCC(C(N)=O)CC2)c(O)c1. The predicted molar refractivity (Wildman–Crippen MR) is 70.7 cm³/mol. The van der Waals surface area contributed by atoms with Crippen LogP contribution in [0.2, 0.25) is 0 Å². The molecule has 0 radical (unpaired) electrons. The molecule has 3 N–H and O–H groups in total. The fourth-order valence-corrected chi connectivity index (χ4v) is 2.36. The average Bonchev–Trinajstić information content (AvgIpc) is 2.38. The Bertz CT molecular complexity index is 505. The molecule has 1 saturated heterocycles. The summed E-state index contributed by atoms with van der Waals surface area (Å²) >= 11 is 0. The van der Waals surface area contributed by atoms with Crippen LogP contribution in [0.15, 0.2) is 18.2 Å². The molecule has 1 heterocycles. The quantitative estimate of drug-likeness (QED) is 0.835. The zero-order valence-corrected chi connectivity index (χ0v) is 10.9. The molecule has 0 atom stereocenters. The van der Waals surface area contributed by atoms with Crippen molar-refractivity contribution in [2.24, 2.45) is 11.7 Å². The molecule has 2 amide bonds. The van der Waals surface area contributed by atoms with E-state index in [1.54, 1.807) is 23.1 Å². The summed E-state index contributed by atoms with van der Waals surface area (Å²) in [5.41, 5.74) is 6.47. The molecule has 102 valence electrons. The number of phenolic OH excluding ortho intramolecular Hbond substituents is 1. The summed E-state index contributed by atoms with van der Waals surface area (Å²) in [6.45, 7) is 2.85. The molecule has 1 aromatic carbocycles. The number of phenols is 1. The third kappa shape index (κ3) is 2.86. The van der Waals surface area contributed by atoms with Crippen LogP contribution in [-0.2, 0) is 4.79 Å². The number of carbonyl (C=O) groups excluding carboxylic acids is 2. The van der Waals surface area contributed by atoms with Crippen molar-refractivity contribution in [3.8, 4) is 5.75 Å². The molecule has 0 aromatic heterocycles. The number of likely N-dealkylation sites (tertiary alicyclic amines) is 1. The Labute approximate surface area is 112 Å². The van der Waals surface area contributed by atoms with E-state index in [2.05, 4.69) is 0 Å². The molecule has 2 rings (SSSR count). The number of hydrogen-bond acceptors (Lipinski definition) is 3. The van der Waals surface area contributed by atoms with Gasteiger partial charge >= 0.3 is 0 Å². The number of primary amides is 1. The lowest BCUT2D eigenvalue weighted by atomic mass is 9.95. The number of rotatable bonds is 2. The Morgan fingerprint density at radius 2 is 1.95 bits per heavy atom. The van der Waals surface area contributed by atoms with Gasteiger partial charge in [-0.05, 0) is 37.5 Å². The first-order valence-corrected chi connectivity index (χ1v) is 6.37. The Morgan fingerprint density at radius 3 is 2.47 bits per heavy atom. The number of aromatic hydroxyl groups is 1. The predicted octanol–water partition coefficient (Wildman–Crippen LogP) is 1.04. The van der Waals surface area contributed by atoms with Gasteiger partial charge in [-0.3, -0.25) is 9.59 Å². The summed E-state index contributed by atoms with van der Waals surface area (Å²) < 4.78 is 0. The van der Waals surface area contributed by atoms with Crippen molar-refractivity contribution in [2.45, 2.75) is 19.8 Å². The monoisotopic (exact) mass is 262 g/mol. The Hall–Kier alpha value is -2.04. The van der Waals surface area contributed by atoms with E-state index in [-0.39, 0.29) is 23.5 Å². The maximum atomic E-state index is 12.3. The van der Waals surface area contributed by atoms with E-state index >= 15 is 0 Å². The molecule has 1 aliphatic heterocycles. The van der Waals surface area contributed by atoms with Gasteiger partial charge in [0.25, 0.3) is 5.91 Å². The zero-order valence-electron chi connectivity index (χ0n) is 10.9. The van der Waals surface area contributed by atoms with E-state index < -0.39 is 0 Å². The van der Waals surface area contributed by atoms with E-state index in [0.29, 0.717) is 31.5 Å². The van der Waals surface area contributed by atoms with Crippen molar-refractivity contribution >= 4 is 11.8 Å². The van der Waals surface area contributed by atoms with Crippen LogP contribution in [0.25, 0.3) is 0 Å². The zero-order chi connectivity index (χ0) is 14.0. The third-order valence-electron chi connectivity index (χ3n) is 3.57. The largest absolute Gasteiger partial charge is 0.507 e. The van der Waals surface area contributed by atoms with E-state index in [1.165, 1.54) is 0 Å². The first kappa shape index (κ1) is 13.4. The van der Waals surface area contributed by atoms with Crippen LogP contribution >= 0.6 is 0 Å². The minimum absolute atomic E-state index is 0.00187. The van der Waals surface area contributed by atoms with E-state index in [4.69, 9.17) is 5.73 Å². The minimum Gasteiger partial charge on any atom is -0.507 e. The number of hydrogen-bond donors (Lipinski definition) is 2. The van der Waals surface area contributed by atoms with Crippen LogP contribution in [0.5, 0.6) is 5.75 Å². The number of nitrogens with zero attached hydrogens (tertiary/aromatic N) is 1. The van der Waals surface area contributed by atoms with Gasteiger partial charge in [-0.15, -0.1) is 0 Å². The summed E-state index contributed by atoms with van der Waals surface area (Å²) in [5.74, 6) is -0.636. The van der Waals surface area contributed by atoms with Gasteiger partial charge in [-0.2, -0.15) is 0 Å². The highest BCUT2D eigenvalue weighted by molar-refractivity contribution is 5.97. The van der Waals surface area contributed by atoms with Crippen LogP contribution in [0.1, 0.15) is 28.8 Å². The van der Waals surface area contributed by atoms with Gasteiger partial charge in [0.15, 0.2) is 0 Å². The summed E-state index contributed by atoms with van der Waals surface area (Å²) in [6, 6.07) is 5.00. The number of carbonyl (C=O) groups is 2. The molecular formula is C14H18N2O3. The second kappa shape index (κ2) is 5.30. The van der Waals surface area contributed by atoms with Crippen LogP contribution in [0.4, 0.5) is 0 Å². The topological polar surface area (TPSA) is 83.6 Å². The van der Waals surface area contributed by atoms with Gasteiger partial charge < -0.3 is 15.7 Å². The normalized spacial score (nSPS) is 16.4. The molecule has 1 fully saturated rings.